The molecular weight excluding hydrogens is 373 g/mol. The van der Waals surface area contributed by atoms with Gasteiger partial charge in [-0.1, -0.05) is 0 Å². The maximum absolute atomic E-state index is 12.3. The molecule has 10 heteroatoms. The van der Waals surface area contributed by atoms with Crippen LogP contribution in [0.2, 0.25) is 0 Å². The Balaban J connectivity index is 1.78. The third-order valence-corrected chi connectivity index (χ3v) is 5.51. The summed E-state index contributed by atoms with van der Waals surface area (Å²) < 4.78 is 51.3. The minimum atomic E-state index is -4.81. The fraction of sp³-hybridized carbons (Fsp3) is 0.462. The Kier molecular flexibility index (Phi) is 6.35. The van der Waals surface area contributed by atoms with Gasteiger partial charge in [0, 0.05) is 24.0 Å². The molecule has 1 aromatic rings. The average molecular weight is 387 g/mol. The third-order valence-electron chi connectivity index (χ3n) is 3.38. The summed E-state index contributed by atoms with van der Waals surface area (Å²) in [6.45, 7) is 0.168. The second-order valence-corrected chi connectivity index (χ2v) is 7.65. The van der Waals surface area contributed by atoms with Crippen molar-refractivity contribution in [2.45, 2.75) is 34.9 Å². The van der Waals surface area contributed by atoms with Gasteiger partial charge in [0.1, 0.15) is 10.0 Å². The van der Waals surface area contributed by atoms with Gasteiger partial charge in [-0.25, -0.2) is 4.21 Å². The van der Waals surface area contributed by atoms with E-state index >= 15 is 0 Å². The van der Waals surface area contributed by atoms with Gasteiger partial charge in [-0.3, -0.25) is 9.52 Å². The molecule has 4 nitrogen and oxygen atoms in total. The van der Waals surface area contributed by atoms with Gasteiger partial charge in [-0.2, -0.15) is 13.2 Å². The predicted molar refractivity (Wildman–Crippen MR) is 83.4 cm³/mol. The molecule has 1 atom stereocenters. The summed E-state index contributed by atoms with van der Waals surface area (Å²) >= 11 is 1.34. The summed E-state index contributed by atoms with van der Waals surface area (Å²) in [5, 5.41) is 0. The lowest BCUT2D eigenvalue weighted by Gasteiger charge is -2.32. The van der Waals surface area contributed by atoms with Crippen LogP contribution in [0.15, 0.2) is 34.1 Å². The van der Waals surface area contributed by atoms with Crippen molar-refractivity contribution < 1.29 is 22.2 Å². The maximum Gasteiger partial charge on any atom is 0.471 e. The Bertz CT molecular complexity index is 576. The van der Waals surface area contributed by atoms with Crippen molar-refractivity contribution in [1.82, 2.24) is 9.62 Å². The zero-order chi connectivity index (χ0) is 17.0. The van der Waals surface area contributed by atoms with Crippen LogP contribution in [0.25, 0.3) is 0 Å². The molecule has 0 aliphatic carbocycles. The molecule has 23 heavy (non-hydrogen) atoms. The van der Waals surface area contributed by atoms with Crippen molar-refractivity contribution in [3.05, 3.63) is 24.3 Å². The molecule has 0 saturated carbocycles. The van der Waals surface area contributed by atoms with E-state index in [0.717, 1.165) is 9.80 Å². The number of hydrogen-bond donors (Lipinski definition) is 1. The van der Waals surface area contributed by atoms with E-state index < -0.39 is 22.1 Å². The molecule has 1 fully saturated rings. The first-order chi connectivity index (χ1) is 10.8. The Morgan fingerprint density at radius 3 is 2.30 bits per heavy atom. The summed E-state index contributed by atoms with van der Waals surface area (Å²) in [5.41, 5.74) is 0. The highest BCUT2D eigenvalue weighted by molar-refractivity contribution is 8.08. The van der Waals surface area contributed by atoms with Crippen LogP contribution in [-0.4, -0.2) is 40.3 Å². The molecule has 128 valence electrons. The molecule has 1 aliphatic rings. The van der Waals surface area contributed by atoms with Gasteiger partial charge < -0.3 is 4.90 Å². The molecule has 1 heterocycles. The number of rotatable bonds is 4. The summed E-state index contributed by atoms with van der Waals surface area (Å²) in [6, 6.07) is 6.85. The highest BCUT2D eigenvalue weighted by Gasteiger charge is 2.43. The van der Waals surface area contributed by atoms with Gasteiger partial charge in [-0.05, 0) is 59.7 Å². The normalized spacial score (nSPS) is 18.0. The van der Waals surface area contributed by atoms with Gasteiger partial charge >= 0.3 is 12.1 Å². The lowest BCUT2D eigenvalue weighted by Crippen LogP contribution is -2.48. The highest BCUT2D eigenvalue weighted by Crippen LogP contribution is 2.24. The number of benzene rings is 1. The lowest BCUT2D eigenvalue weighted by molar-refractivity contribution is -0.186. The highest BCUT2D eigenvalue weighted by atomic mass is 35.7. The fourth-order valence-corrected chi connectivity index (χ4v) is 3.62. The van der Waals surface area contributed by atoms with Crippen LogP contribution in [0.3, 0.4) is 0 Å². The predicted octanol–water partition coefficient (Wildman–Crippen LogP) is 3.10. The smallest absolute Gasteiger partial charge is 0.335 e. The van der Waals surface area contributed by atoms with Crippen molar-refractivity contribution in [2.75, 3.05) is 13.1 Å². The van der Waals surface area contributed by atoms with E-state index in [1.165, 1.54) is 11.9 Å². The van der Waals surface area contributed by atoms with Gasteiger partial charge in [0.2, 0.25) is 0 Å². The van der Waals surface area contributed by atoms with E-state index in [1.54, 1.807) is 24.3 Å². The van der Waals surface area contributed by atoms with Crippen molar-refractivity contribution in [2.24, 2.45) is 0 Å². The Morgan fingerprint density at radius 2 is 1.83 bits per heavy atom. The minimum Gasteiger partial charge on any atom is -0.335 e. The van der Waals surface area contributed by atoms with Crippen LogP contribution in [-0.2, 0) is 14.8 Å². The molecule has 1 aliphatic heterocycles. The molecule has 0 radical (unpaired) electrons. The summed E-state index contributed by atoms with van der Waals surface area (Å²) in [4.78, 5) is 13.4. The molecule has 1 amide bonds. The number of likely N-dealkylation sites (tertiary alicyclic amines) is 1. The second kappa shape index (κ2) is 7.87. The van der Waals surface area contributed by atoms with Crippen LogP contribution >= 0.6 is 22.6 Å². The van der Waals surface area contributed by atoms with E-state index in [4.69, 9.17) is 10.7 Å². The number of halogens is 4. The van der Waals surface area contributed by atoms with Crippen molar-refractivity contribution in [1.29, 1.82) is 0 Å². The number of carbonyl (C=O) groups excluding carboxylic acids is 1. The first-order valence-electron chi connectivity index (χ1n) is 6.74. The number of alkyl halides is 3. The van der Waals surface area contributed by atoms with Crippen LogP contribution in [0.5, 0.6) is 0 Å². The standard InChI is InChI=1S/C13H14ClF3N2O2S2/c14-23(21)11-3-1-10(2-4-11)22-18-9-5-7-19(8-6-9)12(20)13(15,16)17/h1-4,9,18H,5-8H2. The zero-order valence-corrected chi connectivity index (χ0v) is 14.2. The summed E-state index contributed by atoms with van der Waals surface area (Å²) in [6.07, 6.45) is -3.89. The van der Waals surface area contributed by atoms with E-state index in [9.17, 15) is 22.2 Å². The fourth-order valence-electron chi connectivity index (χ4n) is 2.15. The number of nitrogens with zero attached hydrogens (tertiary/aromatic N) is 1. The summed E-state index contributed by atoms with van der Waals surface area (Å²) in [5.74, 6) is -1.77. The van der Waals surface area contributed by atoms with E-state index in [2.05, 4.69) is 4.72 Å². The van der Waals surface area contributed by atoms with Crippen LogP contribution < -0.4 is 4.72 Å². The molecule has 1 aromatic carbocycles. The largest absolute Gasteiger partial charge is 0.471 e. The van der Waals surface area contributed by atoms with Crippen LogP contribution in [0.4, 0.5) is 13.2 Å². The minimum absolute atomic E-state index is 0.0270. The number of amides is 1. The number of carbonyl (C=O) groups is 1. The molecule has 1 saturated heterocycles. The van der Waals surface area contributed by atoms with Crippen molar-refractivity contribution in [3.8, 4) is 0 Å². The van der Waals surface area contributed by atoms with Crippen LogP contribution in [0.1, 0.15) is 12.8 Å². The van der Waals surface area contributed by atoms with Gasteiger partial charge in [0.05, 0.1) is 4.90 Å². The van der Waals surface area contributed by atoms with Gasteiger partial charge in [0.25, 0.3) is 0 Å². The van der Waals surface area contributed by atoms with Crippen molar-refractivity contribution in [3.63, 3.8) is 0 Å². The van der Waals surface area contributed by atoms with Crippen LogP contribution in [0, 0.1) is 0 Å². The Morgan fingerprint density at radius 1 is 1.26 bits per heavy atom. The first kappa shape index (κ1) is 18.6. The molecule has 1 N–H and O–H groups in total. The maximum atomic E-state index is 12.3. The second-order valence-electron chi connectivity index (χ2n) is 4.98. The SMILES string of the molecule is O=C(N1CCC(NSc2ccc(S(=O)Cl)cc2)CC1)C(F)(F)F. The Hall–Kier alpha value is -0.770. The molecule has 0 bridgehead atoms. The van der Waals surface area contributed by atoms with E-state index in [1.807, 2.05) is 0 Å². The Labute approximate surface area is 142 Å². The molecule has 0 aromatic heterocycles. The number of nitrogens with one attached hydrogen (secondary N) is 1. The van der Waals surface area contributed by atoms with E-state index in [-0.39, 0.29) is 19.1 Å². The van der Waals surface area contributed by atoms with Crippen molar-refractivity contribution >= 4 is 38.6 Å². The number of piperidine rings is 1. The molecule has 1 unspecified atom stereocenters. The quantitative estimate of drug-likeness (QED) is 0.638. The topological polar surface area (TPSA) is 49.4 Å². The van der Waals surface area contributed by atoms with Gasteiger partial charge in [0.15, 0.2) is 0 Å². The zero-order valence-electron chi connectivity index (χ0n) is 11.8. The average Bonchev–Trinajstić information content (AvgIpc) is 2.52. The monoisotopic (exact) mass is 386 g/mol. The molecule has 0 spiro atoms. The molecule has 2 rings (SSSR count). The molecular formula is C13H14ClF3N2O2S2. The third kappa shape index (κ3) is 5.37. The number of hydrogen-bond acceptors (Lipinski definition) is 4. The first-order valence-corrected chi connectivity index (χ1v) is 9.53. The van der Waals surface area contributed by atoms with E-state index in [0.29, 0.717) is 17.7 Å². The summed E-state index contributed by atoms with van der Waals surface area (Å²) in [7, 11) is 3.91. The van der Waals surface area contributed by atoms with Gasteiger partial charge in [-0.15, -0.1) is 0 Å². The lowest BCUT2D eigenvalue weighted by atomic mass is 10.1.